The lowest BCUT2D eigenvalue weighted by atomic mass is 9.81. The zero-order valence-corrected chi connectivity index (χ0v) is 14.6. The molecule has 1 saturated heterocycles. The van der Waals surface area contributed by atoms with Crippen LogP contribution >= 0.6 is 11.8 Å². The predicted molar refractivity (Wildman–Crippen MR) is 91.6 cm³/mol. The van der Waals surface area contributed by atoms with Crippen LogP contribution in [-0.4, -0.2) is 48.6 Å². The molecule has 0 spiro atoms. The molecular weight excluding hydrogens is 264 g/mol. The lowest BCUT2D eigenvalue weighted by molar-refractivity contribution is 0.0645. The molecule has 1 aliphatic carbocycles. The van der Waals surface area contributed by atoms with Gasteiger partial charge in [0.05, 0.1) is 0 Å². The molecular formula is C17H34N2S. The quantitative estimate of drug-likeness (QED) is 0.806. The van der Waals surface area contributed by atoms with Gasteiger partial charge in [-0.2, -0.15) is 11.8 Å². The van der Waals surface area contributed by atoms with Crippen molar-refractivity contribution in [2.24, 2.45) is 11.8 Å². The van der Waals surface area contributed by atoms with Crippen LogP contribution in [0.15, 0.2) is 0 Å². The van der Waals surface area contributed by atoms with Gasteiger partial charge in [-0.25, -0.2) is 0 Å². The second-order valence-electron chi connectivity index (χ2n) is 6.85. The van der Waals surface area contributed by atoms with Crippen molar-refractivity contribution in [1.29, 1.82) is 0 Å². The Bertz CT molecular complexity index is 266. The molecule has 118 valence electrons. The third-order valence-electron chi connectivity index (χ3n) is 5.60. The van der Waals surface area contributed by atoms with Crippen LogP contribution in [0.4, 0.5) is 0 Å². The second-order valence-corrected chi connectivity index (χ2v) is 7.84. The van der Waals surface area contributed by atoms with Gasteiger partial charge in [0.25, 0.3) is 0 Å². The van der Waals surface area contributed by atoms with E-state index in [1.807, 2.05) is 11.8 Å². The molecule has 0 radical (unpaired) electrons. The fourth-order valence-corrected chi connectivity index (χ4v) is 4.39. The summed E-state index contributed by atoms with van der Waals surface area (Å²) in [6.07, 6.45) is 10.9. The van der Waals surface area contributed by atoms with Crippen molar-refractivity contribution in [3.05, 3.63) is 0 Å². The van der Waals surface area contributed by atoms with Crippen LogP contribution in [-0.2, 0) is 0 Å². The average molecular weight is 299 g/mol. The normalized spacial score (nSPS) is 31.4. The molecule has 2 aliphatic rings. The summed E-state index contributed by atoms with van der Waals surface area (Å²) in [6.45, 7) is 8.53. The molecule has 0 bridgehead atoms. The predicted octanol–water partition coefficient (Wildman–Crippen LogP) is 3.62. The van der Waals surface area contributed by atoms with Gasteiger partial charge in [0.1, 0.15) is 0 Å². The van der Waals surface area contributed by atoms with Crippen LogP contribution in [0.3, 0.4) is 0 Å². The first-order chi connectivity index (χ1) is 9.76. The SMILES string of the molecule is CCC(C)C1CN(CCSC)C(C2CCCCC2)CN1. The molecule has 0 amide bonds. The summed E-state index contributed by atoms with van der Waals surface area (Å²) in [7, 11) is 0. The molecule has 3 atom stereocenters. The van der Waals surface area contributed by atoms with Gasteiger partial charge in [0, 0.05) is 37.5 Å². The summed E-state index contributed by atoms with van der Waals surface area (Å²) in [5, 5.41) is 3.88. The number of nitrogens with zero attached hydrogens (tertiary/aromatic N) is 1. The summed E-state index contributed by atoms with van der Waals surface area (Å²) < 4.78 is 0. The number of piperazine rings is 1. The maximum absolute atomic E-state index is 3.88. The minimum absolute atomic E-state index is 0.710. The van der Waals surface area contributed by atoms with E-state index >= 15 is 0 Å². The summed E-state index contributed by atoms with van der Waals surface area (Å²) in [5.74, 6) is 3.05. The smallest absolute Gasteiger partial charge is 0.0249 e. The molecule has 2 rings (SSSR count). The number of thioether (sulfide) groups is 1. The van der Waals surface area contributed by atoms with Crippen LogP contribution in [0.5, 0.6) is 0 Å². The third kappa shape index (κ3) is 4.38. The van der Waals surface area contributed by atoms with Crippen molar-refractivity contribution in [2.45, 2.75) is 64.5 Å². The Labute approximate surface area is 130 Å². The highest BCUT2D eigenvalue weighted by molar-refractivity contribution is 7.98. The molecule has 2 fully saturated rings. The molecule has 1 N–H and O–H groups in total. The summed E-state index contributed by atoms with van der Waals surface area (Å²) in [5.41, 5.74) is 0. The Morgan fingerprint density at radius 3 is 2.65 bits per heavy atom. The molecule has 2 nitrogen and oxygen atoms in total. The van der Waals surface area contributed by atoms with Gasteiger partial charge in [-0.15, -0.1) is 0 Å². The van der Waals surface area contributed by atoms with E-state index in [0.717, 1.165) is 17.9 Å². The van der Waals surface area contributed by atoms with E-state index in [-0.39, 0.29) is 0 Å². The zero-order chi connectivity index (χ0) is 14.4. The topological polar surface area (TPSA) is 15.3 Å². The van der Waals surface area contributed by atoms with Crippen molar-refractivity contribution >= 4 is 11.8 Å². The maximum atomic E-state index is 3.88. The fraction of sp³-hybridized carbons (Fsp3) is 1.00. The van der Waals surface area contributed by atoms with Gasteiger partial charge in [0.15, 0.2) is 0 Å². The first-order valence-corrected chi connectivity index (χ1v) is 10.1. The van der Waals surface area contributed by atoms with Crippen LogP contribution < -0.4 is 5.32 Å². The lowest BCUT2D eigenvalue weighted by Crippen LogP contribution is -2.61. The maximum Gasteiger partial charge on any atom is 0.0249 e. The van der Waals surface area contributed by atoms with Crippen LogP contribution in [0, 0.1) is 11.8 Å². The monoisotopic (exact) mass is 298 g/mol. The van der Waals surface area contributed by atoms with Crippen molar-refractivity contribution < 1.29 is 0 Å². The largest absolute Gasteiger partial charge is 0.311 e. The number of rotatable bonds is 6. The Morgan fingerprint density at radius 1 is 1.25 bits per heavy atom. The van der Waals surface area contributed by atoms with Gasteiger partial charge in [-0.05, 0) is 30.9 Å². The highest BCUT2D eigenvalue weighted by Gasteiger charge is 2.34. The van der Waals surface area contributed by atoms with E-state index in [0.29, 0.717) is 6.04 Å². The molecule has 0 aromatic rings. The Hall–Kier alpha value is 0.270. The molecule has 20 heavy (non-hydrogen) atoms. The first kappa shape index (κ1) is 16.6. The highest BCUT2D eigenvalue weighted by Crippen LogP contribution is 2.31. The molecule has 1 saturated carbocycles. The van der Waals surface area contributed by atoms with Crippen molar-refractivity contribution in [3.8, 4) is 0 Å². The Kier molecular flexibility index (Phi) is 7.20. The highest BCUT2D eigenvalue weighted by atomic mass is 32.2. The lowest BCUT2D eigenvalue weighted by Gasteiger charge is -2.46. The van der Waals surface area contributed by atoms with Crippen LogP contribution in [0.25, 0.3) is 0 Å². The van der Waals surface area contributed by atoms with E-state index in [2.05, 4.69) is 30.3 Å². The molecule has 1 aliphatic heterocycles. The number of hydrogen-bond acceptors (Lipinski definition) is 3. The van der Waals surface area contributed by atoms with Gasteiger partial charge in [-0.1, -0.05) is 39.5 Å². The standard InChI is InChI=1S/C17H34N2S/c1-4-14(2)16-13-19(10-11-20-3)17(12-18-16)15-8-6-5-7-9-15/h14-18H,4-13H2,1-3H3. The molecule has 1 heterocycles. The Balaban J connectivity index is 1.95. The fourth-order valence-electron chi connectivity index (χ4n) is 3.97. The molecule has 0 aromatic heterocycles. The van der Waals surface area contributed by atoms with E-state index < -0.39 is 0 Å². The van der Waals surface area contributed by atoms with Crippen LogP contribution in [0.1, 0.15) is 52.4 Å². The number of nitrogens with one attached hydrogen (secondary N) is 1. The van der Waals surface area contributed by atoms with E-state index in [9.17, 15) is 0 Å². The van der Waals surface area contributed by atoms with Gasteiger partial charge in [0.2, 0.25) is 0 Å². The summed E-state index contributed by atoms with van der Waals surface area (Å²) in [6, 6.07) is 1.52. The second kappa shape index (κ2) is 8.65. The van der Waals surface area contributed by atoms with Gasteiger partial charge < -0.3 is 5.32 Å². The van der Waals surface area contributed by atoms with Crippen molar-refractivity contribution in [2.75, 3.05) is 31.6 Å². The zero-order valence-electron chi connectivity index (χ0n) is 13.7. The molecule has 3 unspecified atom stereocenters. The average Bonchev–Trinajstić information content (AvgIpc) is 2.52. The molecule has 0 aromatic carbocycles. The van der Waals surface area contributed by atoms with E-state index in [1.165, 1.54) is 63.9 Å². The van der Waals surface area contributed by atoms with Crippen molar-refractivity contribution in [1.82, 2.24) is 10.2 Å². The first-order valence-electron chi connectivity index (χ1n) is 8.72. The minimum Gasteiger partial charge on any atom is -0.311 e. The van der Waals surface area contributed by atoms with Gasteiger partial charge >= 0.3 is 0 Å². The minimum atomic E-state index is 0.710. The van der Waals surface area contributed by atoms with Crippen LogP contribution in [0.2, 0.25) is 0 Å². The molecule has 3 heteroatoms. The van der Waals surface area contributed by atoms with Crippen molar-refractivity contribution in [3.63, 3.8) is 0 Å². The van der Waals surface area contributed by atoms with E-state index in [1.54, 1.807) is 0 Å². The Morgan fingerprint density at radius 2 is 2.00 bits per heavy atom. The summed E-state index contributed by atoms with van der Waals surface area (Å²) >= 11 is 2.00. The third-order valence-corrected chi connectivity index (χ3v) is 6.19. The number of hydrogen-bond donors (Lipinski definition) is 1. The van der Waals surface area contributed by atoms with Gasteiger partial charge in [-0.3, -0.25) is 4.90 Å². The summed E-state index contributed by atoms with van der Waals surface area (Å²) in [4.78, 5) is 2.83. The van der Waals surface area contributed by atoms with E-state index in [4.69, 9.17) is 0 Å².